The second kappa shape index (κ2) is 4.09. The van der Waals surface area contributed by atoms with Crippen molar-refractivity contribution >= 4 is 5.97 Å². The molecule has 0 heterocycles. The third-order valence-electron chi connectivity index (χ3n) is 1.79. The smallest absolute Gasteiger partial charge is 0.344 e. The Labute approximate surface area is 81.1 Å². The molecule has 0 aliphatic heterocycles. The minimum absolute atomic E-state index is 0.333. The average Bonchev–Trinajstić information content (AvgIpc) is 2.11. The standard InChI is InChI=1S/C10H11FO3/c1-6-5-8(3-4-9(6)11)14-7(2)10(12)13/h3-5,7H,1-2H3,(H,12,13)/t7-/m1/s1. The van der Waals surface area contributed by atoms with Crippen LogP contribution in [0.25, 0.3) is 0 Å². The van der Waals surface area contributed by atoms with E-state index in [2.05, 4.69) is 0 Å². The van der Waals surface area contributed by atoms with Gasteiger partial charge in [-0.05, 0) is 37.6 Å². The first-order valence-electron chi connectivity index (χ1n) is 4.16. The molecule has 1 aromatic carbocycles. The monoisotopic (exact) mass is 198 g/mol. The van der Waals surface area contributed by atoms with Gasteiger partial charge in [-0.3, -0.25) is 0 Å². The lowest BCUT2D eigenvalue weighted by Gasteiger charge is -2.10. The van der Waals surface area contributed by atoms with Gasteiger partial charge in [0.25, 0.3) is 0 Å². The van der Waals surface area contributed by atoms with E-state index in [4.69, 9.17) is 9.84 Å². The molecule has 1 atom stereocenters. The van der Waals surface area contributed by atoms with E-state index in [1.807, 2.05) is 0 Å². The summed E-state index contributed by atoms with van der Waals surface area (Å²) in [6, 6.07) is 4.12. The van der Waals surface area contributed by atoms with E-state index in [1.54, 1.807) is 6.92 Å². The molecule has 76 valence electrons. The Morgan fingerprint density at radius 1 is 1.57 bits per heavy atom. The number of carboxylic acids is 1. The molecule has 0 fully saturated rings. The summed E-state index contributed by atoms with van der Waals surface area (Å²) in [6.07, 6.45) is -0.931. The Hall–Kier alpha value is -1.58. The van der Waals surface area contributed by atoms with E-state index in [-0.39, 0.29) is 5.82 Å². The summed E-state index contributed by atoms with van der Waals surface area (Å²) in [5.41, 5.74) is 0.431. The zero-order valence-electron chi connectivity index (χ0n) is 7.95. The Balaban J connectivity index is 2.78. The Bertz CT molecular complexity index is 349. The van der Waals surface area contributed by atoms with Crippen molar-refractivity contribution in [1.29, 1.82) is 0 Å². The van der Waals surface area contributed by atoms with Crippen molar-refractivity contribution in [2.24, 2.45) is 0 Å². The number of halogens is 1. The van der Waals surface area contributed by atoms with Crippen LogP contribution in [0.2, 0.25) is 0 Å². The lowest BCUT2D eigenvalue weighted by atomic mass is 10.2. The number of carboxylic acid groups (broad SMARTS) is 1. The predicted molar refractivity (Wildman–Crippen MR) is 48.9 cm³/mol. The number of carbonyl (C=O) groups is 1. The summed E-state index contributed by atoms with van der Waals surface area (Å²) < 4.78 is 17.9. The van der Waals surface area contributed by atoms with Gasteiger partial charge in [0, 0.05) is 0 Å². The lowest BCUT2D eigenvalue weighted by Crippen LogP contribution is -2.22. The summed E-state index contributed by atoms with van der Waals surface area (Å²) in [5, 5.41) is 8.57. The first-order valence-corrected chi connectivity index (χ1v) is 4.16. The SMILES string of the molecule is Cc1cc(O[C@H](C)C(=O)O)ccc1F. The fourth-order valence-electron chi connectivity index (χ4n) is 0.945. The van der Waals surface area contributed by atoms with Crippen LogP contribution in [-0.4, -0.2) is 17.2 Å². The summed E-state index contributed by atoms with van der Waals surface area (Å²) in [5.74, 6) is -1.02. The van der Waals surface area contributed by atoms with Gasteiger partial charge in [0.15, 0.2) is 6.10 Å². The molecule has 0 spiro atoms. The molecule has 1 aromatic rings. The van der Waals surface area contributed by atoms with Crippen molar-refractivity contribution in [3.05, 3.63) is 29.6 Å². The minimum Gasteiger partial charge on any atom is -0.479 e. The zero-order chi connectivity index (χ0) is 10.7. The van der Waals surface area contributed by atoms with E-state index in [0.717, 1.165) is 0 Å². The molecular formula is C10H11FO3. The molecule has 0 saturated heterocycles. The maximum Gasteiger partial charge on any atom is 0.344 e. The van der Waals surface area contributed by atoms with Crippen LogP contribution < -0.4 is 4.74 Å². The molecule has 0 radical (unpaired) electrons. The minimum atomic E-state index is -1.05. The largest absolute Gasteiger partial charge is 0.479 e. The topological polar surface area (TPSA) is 46.5 Å². The Morgan fingerprint density at radius 2 is 2.21 bits per heavy atom. The molecule has 3 nitrogen and oxygen atoms in total. The Morgan fingerprint density at radius 3 is 2.71 bits per heavy atom. The van der Waals surface area contributed by atoms with Gasteiger partial charge in [0.2, 0.25) is 0 Å². The highest BCUT2D eigenvalue weighted by Gasteiger charge is 2.12. The quantitative estimate of drug-likeness (QED) is 0.807. The zero-order valence-corrected chi connectivity index (χ0v) is 7.95. The fourth-order valence-corrected chi connectivity index (χ4v) is 0.945. The van der Waals surface area contributed by atoms with Crippen LogP contribution in [0.5, 0.6) is 5.75 Å². The third kappa shape index (κ3) is 2.45. The third-order valence-corrected chi connectivity index (χ3v) is 1.79. The molecule has 0 aliphatic rings. The number of hydrogen-bond donors (Lipinski definition) is 1. The second-order valence-corrected chi connectivity index (χ2v) is 3.01. The summed E-state index contributed by atoms with van der Waals surface area (Å²) in [7, 11) is 0. The predicted octanol–water partition coefficient (Wildman–Crippen LogP) is 1.99. The number of rotatable bonds is 3. The Kier molecular flexibility index (Phi) is 3.06. The van der Waals surface area contributed by atoms with Gasteiger partial charge in [-0.1, -0.05) is 0 Å². The van der Waals surface area contributed by atoms with Crippen molar-refractivity contribution in [3.8, 4) is 5.75 Å². The van der Waals surface area contributed by atoms with Crippen LogP contribution in [0.1, 0.15) is 12.5 Å². The van der Waals surface area contributed by atoms with Gasteiger partial charge >= 0.3 is 5.97 Å². The second-order valence-electron chi connectivity index (χ2n) is 3.01. The molecule has 14 heavy (non-hydrogen) atoms. The van der Waals surface area contributed by atoms with Crippen LogP contribution in [-0.2, 0) is 4.79 Å². The first-order chi connectivity index (χ1) is 6.50. The number of benzene rings is 1. The number of aliphatic carboxylic acids is 1. The van der Waals surface area contributed by atoms with Gasteiger partial charge in [0.1, 0.15) is 11.6 Å². The molecule has 0 aliphatic carbocycles. The van der Waals surface area contributed by atoms with Gasteiger partial charge in [0.05, 0.1) is 0 Å². The maximum absolute atomic E-state index is 12.8. The van der Waals surface area contributed by atoms with Crippen molar-refractivity contribution < 1.29 is 19.0 Å². The summed E-state index contributed by atoms with van der Waals surface area (Å²) >= 11 is 0. The molecule has 0 unspecified atom stereocenters. The molecular weight excluding hydrogens is 187 g/mol. The van der Waals surface area contributed by atoms with Crippen LogP contribution in [0, 0.1) is 12.7 Å². The van der Waals surface area contributed by atoms with Crippen molar-refractivity contribution in [2.75, 3.05) is 0 Å². The fraction of sp³-hybridized carbons (Fsp3) is 0.300. The summed E-state index contributed by atoms with van der Waals surface area (Å²) in [4.78, 5) is 10.5. The van der Waals surface area contributed by atoms with Crippen LogP contribution in [0.3, 0.4) is 0 Å². The molecule has 1 rings (SSSR count). The van der Waals surface area contributed by atoms with Crippen LogP contribution >= 0.6 is 0 Å². The highest BCUT2D eigenvalue weighted by atomic mass is 19.1. The highest BCUT2D eigenvalue weighted by molar-refractivity contribution is 5.72. The van der Waals surface area contributed by atoms with E-state index >= 15 is 0 Å². The van der Waals surface area contributed by atoms with Crippen LogP contribution in [0.4, 0.5) is 4.39 Å². The maximum atomic E-state index is 12.8. The van der Waals surface area contributed by atoms with Gasteiger partial charge in [-0.25, -0.2) is 9.18 Å². The number of ether oxygens (including phenoxy) is 1. The molecule has 0 amide bonds. The lowest BCUT2D eigenvalue weighted by molar-refractivity contribution is -0.144. The highest BCUT2D eigenvalue weighted by Crippen LogP contribution is 2.17. The van der Waals surface area contributed by atoms with E-state index < -0.39 is 12.1 Å². The van der Waals surface area contributed by atoms with E-state index in [0.29, 0.717) is 11.3 Å². The average molecular weight is 198 g/mol. The van der Waals surface area contributed by atoms with Gasteiger partial charge in [-0.15, -0.1) is 0 Å². The van der Waals surface area contributed by atoms with Crippen molar-refractivity contribution in [3.63, 3.8) is 0 Å². The summed E-state index contributed by atoms with van der Waals surface area (Å²) in [6.45, 7) is 3.01. The molecule has 4 heteroatoms. The number of hydrogen-bond acceptors (Lipinski definition) is 2. The molecule has 0 saturated carbocycles. The van der Waals surface area contributed by atoms with E-state index in [1.165, 1.54) is 25.1 Å². The first kappa shape index (κ1) is 10.5. The molecule has 0 bridgehead atoms. The van der Waals surface area contributed by atoms with Crippen molar-refractivity contribution in [1.82, 2.24) is 0 Å². The van der Waals surface area contributed by atoms with Gasteiger partial charge < -0.3 is 9.84 Å². The molecule has 0 aromatic heterocycles. The van der Waals surface area contributed by atoms with E-state index in [9.17, 15) is 9.18 Å². The van der Waals surface area contributed by atoms with Gasteiger partial charge in [-0.2, -0.15) is 0 Å². The normalized spacial score (nSPS) is 12.2. The van der Waals surface area contributed by atoms with Crippen LogP contribution in [0.15, 0.2) is 18.2 Å². The molecule has 1 N–H and O–H groups in total. The van der Waals surface area contributed by atoms with Crippen molar-refractivity contribution in [2.45, 2.75) is 20.0 Å². The number of aryl methyl sites for hydroxylation is 1.